The molecule has 0 amide bonds. The standard InChI is InChI=1S/C19H31NO/c1-13(11-18(2,3)4)9-16(20)14-7-8-17-15(10-14)12-19(5,6)21-17/h7-8,10,13,16H,9,11-12,20H2,1-6H3. The van der Waals surface area contributed by atoms with Crippen molar-refractivity contribution in [3.05, 3.63) is 29.3 Å². The molecule has 0 saturated heterocycles. The Balaban J connectivity index is 2.03. The molecular weight excluding hydrogens is 258 g/mol. The Morgan fingerprint density at radius 3 is 2.57 bits per heavy atom. The summed E-state index contributed by atoms with van der Waals surface area (Å²) in [7, 11) is 0. The Morgan fingerprint density at radius 2 is 1.95 bits per heavy atom. The van der Waals surface area contributed by atoms with E-state index in [0.29, 0.717) is 11.3 Å². The highest BCUT2D eigenvalue weighted by atomic mass is 16.5. The van der Waals surface area contributed by atoms with Crippen molar-refractivity contribution >= 4 is 0 Å². The molecule has 2 N–H and O–H groups in total. The van der Waals surface area contributed by atoms with E-state index in [9.17, 15) is 0 Å². The fraction of sp³-hybridized carbons (Fsp3) is 0.684. The van der Waals surface area contributed by atoms with Gasteiger partial charge in [0.05, 0.1) is 0 Å². The first-order valence-corrected chi connectivity index (χ1v) is 8.13. The molecular formula is C19H31NO. The van der Waals surface area contributed by atoms with E-state index >= 15 is 0 Å². The zero-order valence-corrected chi connectivity index (χ0v) is 14.5. The van der Waals surface area contributed by atoms with E-state index in [0.717, 1.165) is 18.6 Å². The molecule has 2 atom stereocenters. The summed E-state index contributed by atoms with van der Waals surface area (Å²) in [5, 5.41) is 0. The molecule has 2 unspecified atom stereocenters. The normalized spacial score (nSPS) is 19.8. The van der Waals surface area contributed by atoms with Crippen LogP contribution >= 0.6 is 0 Å². The van der Waals surface area contributed by atoms with Gasteiger partial charge in [-0.2, -0.15) is 0 Å². The molecule has 1 aliphatic heterocycles. The maximum atomic E-state index is 6.44. The van der Waals surface area contributed by atoms with E-state index in [4.69, 9.17) is 10.5 Å². The predicted octanol–water partition coefficient (Wildman–Crippen LogP) is 4.86. The smallest absolute Gasteiger partial charge is 0.123 e. The molecule has 0 saturated carbocycles. The molecule has 1 heterocycles. The number of ether oxygens (including phenoxy) is 1. The largest absolute Gasteiger partial charge is 0.487 e. The summed E-state index contributed by atoms with van der Waals surface area (Å²) in [6.45, 7) is 13.5. The summed E-state index contributed by atoms with van der Waals surface area (Å²) in [6.07, 6.45) is 3.22. The molecule has 1 aromatic carbocycles. The first-order valence-electron chi connectivity index (χ1n) is 8.13. The van der Waals surface area contributed by atoms with Crippen molar-refractivity contribution in [3.63, 3.8) is 0 Å². The molecule has 2 rings (SSSR count). The number of fused-ring (bicyclic) bond motifs is 1. The summed E-state index contributed by atoms with van der Waals surface area (Å²) in [6, 6.07) is 6.59. The Hall–Kier alpha value is -1.02. The van der Waals surface area contributed by atoms with Gasteiger partial charge in [-0.25, -0.2) is 0 Å². The average Bonchev–Trinajstić information content (AvgIpc) is 2.58. The molecule has 1 aliphatic rings. The van der Waals surface area contributed by atoms with Gasteiger partial charge in [0.15, 0.2) is 0 Å². The number of hydrogen-bond acceptors (Lipinski definition) is 2. The second kappa shape index (κ2) is 5.64. The van der Waals surface area contributed by atoms with E-state index in [2.05, 4.69) is 59.7 Å². The van der Waals surface area contributed by atoms with Crippen LogP contribution < -0.4 is 10.5 Å². The Bertz CT molecular complexity index is 499. The van der Waals surface area contributed by atoms with Crippen LogP contribution in [0.2, 0.25) is 0 Å². The molecule has 2 heteroatoms. The third kappa shape index (κ3) is 4.47. The Kier molecular flexibility index (Phi) is 4.39. The van der Waals surface area contributed by atoms with E-state index in [1.54, 1.807) is 0 Å². The van der Waals surface area contributed by atoms with E-state index < -0.39 is 0 Å². The molecule has 2 nitrogen and oxygen atoms in total. The van der Waals surface area contributed by atoms with Crippen LogP contribution in [0.5, 0.6) is 5.75 Å². The summed E-state index contributed by atoms with van der Waals surface area (Å²) in [4.78, 5) is 0. The van der Waals surface area contributed by atoms with Gasteiger partial charge in [-0.1, -0.05) is 39.8 Å². The van der Waals surface area contributed by atoms with Gasteiger partial charge in [0.2, 0.25) is 0 Å². The molecule has 1 aromatic rings. The molecule has 0 fully saturated rings. The molecule has 118 valence electrons. The summed E-state index contributed by atoms with van der Waals surface area (Å²) in [5.41, 5.74) is 9.28. The average molecular weight is 289 g/mol. The minimum atomic E-state index is -0.0788. The van der Waals surface area contributed by atoms with Gasteiger partial charge in [-0.3, -0.25) is 0 Å². The van der Waals surface area contributed by atoms with Crippen molar-refractivity contribution in [3.8, 4) is 5.75 Å². The lowest BCUT2D eigenvalue weighted by Crippen LogP contribution is -2.24. The van der Waals surface area contributed by atoms with Crippen LogP contribution in [-0.4, -0.2) is 5.60 Å². The highest BCUT2D eigenvalue weighted by Gasteiger charge is 2.30. The lowest BCUT2D eigenvalue weighted by molar-refractivity contribution is 0.138. The van der Waals surface area contributed by atoms with Gasteiger partial charge in [-0.15, -0.1) is 0 Å². The van der Waals surface area contributed by atoms with Gasteiger partial charge in [-0.05, 0) is 55.2 Å². The first-order chi connectivity index (χ1) is 9.56. The maximum absolute atomic E-state index is 6.44. The van der Waals surface area contributed by atoms with Crippen LogP contribution in [0.25, 0.3) is 0 Å². The highest BCUT2D eigenvalue weighted by molar-refractivity contribution is 5.42. The van der Waals surface area contributed by atoms with Crippen molar-refractivity contribution in [2.24, 2.45) is 17.1 Å². The molecule has 21 heavy (non-hydrogen) atoms. The fourth-order valence-corrected chi connectivity index (χ4v) is 3.56. The van der Waals surface area contributed by atoms with Gasteiger partial charge < -0.3 is 10.5 Å². The molecule has 0 bridgehead atoms. The van der Waals surface area contributed by atoms with Crippen LogP contribution in [0.15, 0.2) is 18.2 Å². The van der Waals surface area contributed by atoms with E-state index in [1.807, 2.05) is 0 Å². The third-order valence-electron chi connectivity index (χ3n) is 4.13. The SMILES string of the molecule is CC(CC(N)c1ccc2c(c1)CC(C)(C)O2)CC(C)(C)C. The Labute approximate surface area is 130 Å². The number of benzene rings is 1. The lowest BCUT2D eigenvalue weighted by Gasteiger charge is -2.25. The molecule has 0 spiro atoms. The van der Waals surface area contributed by atoms with Crippen molar-refractivity contribution in [2.45, 2.75) is 72.4 Å². The van der Waals surface area contributed by atoms with Crippen molar-refractivity contribution < 1.29 is 4.74 Å². The van der Waals surface area contributed by atoms with Crippen LogP contribution in [0.1, 0.15) is 71.6 Å². The zero-order chi connectivity index (χ0) is 15.8. The van der Waals surface area contributed by atoms with Crippen LogP contribution in [0, 0.1) is 11.3 Å². The Morgan fingerprint density at radius 1 is 1.29 bits per heavy atom. The van der Waals surface area contributed by atoms with Crippen LogP contribution in [-0.2, 0) is 6.42 Å². The van der Waals surface area contributed by atoms with Gasteiger partial charge in [0, 0.05) is 12.5 Å². The first kappa shape index (κ1) is 16.4. The second-order valence-electron chi connectivity index (χ2n) is 8.62. The highest BCUT2D eigenvalue weighted by Crippen LogP contribution is 2.37. The quantitative estimate of drug-likeness (QED) is 0.859. The predicted molar refractivity (Wildman–Crippen MR) is 89.6 cm³/mol. The fourth-order valence-electron chi connectivity index (χ4n) is 3.56. The van der Waals surface area contributed by atoms with E-state index in [1.165, 1.54) is 17.5 Å². The summed E-state index contributed by atoms with van der Waals surface area (Å²) >= 11 is 0. The van der Waals surface area contributed by atoms with E-state index in [-0.39, 0.29) is 11.6 Å². The van der Waals surface area contributed by atoms with Gasteiger partial charge in [0.25, 0.3) is 0 Å². The second-order valence-corrected chi connectivity index (χ2v) is 8.62. The topological polar surface area (TPSA) is 35.2 Å². The minimum absolute atomic E-state index is 0.0788. The minimum Gasteiger partial charge on any atom is -0.487 e. The van der Waals surface area contributed by atoms with Gasteiger partial charge in [0.1, 0.15) is 11.4 Å². The maximum Gasteiger partial charge on any atom is 0.123 e. The van der Waals surface area contributed by atoms with Crippen molar-refractivity contribution in [1.82, 2.24) is 0 Å². The third-order valence-corrected chi connectivity index (χ3v) is 4.13. The van der Waals surface area contributed by atoms with Crippen molar-refractivity contribution in [2.75, 3.05) is 0 Å². The summed E-state index contributed by atoms with van der Waals surface area (Å²) < 4.78 is 5.94. The molecule has 0 aromatic heterocycles. The van der Waals surface area contributed by atoms with Gasteiger partial charge >= 0.3 is 0 Å². The zero-order valence-electron chi connectivity index (χ0n) is 14.5. The van der Waals surface area contributed by atoms with Crippen molar-refractivity contribution in [1.29, 1.82) is 0 Å². The molecule has 0 aliphatic carbocycles. The number of hydrogen-bond donors (Lipinski definition) is 1. The lowest BCUT2D eigenvalue weighted by atomic mass is 9.82. The molecule has 0 radical (unpaired) electrons. The summed E-state index contributed by atoms with van der Waals surface area (Å²) in [5.74, 6) is 1.67. The van der Waals surface area contributed by atoms with Crippen LogP contribution in [0.4, 0.5) is 0 Å². The number of rotatable bonds is 4. The van der Waals surface area contributed by atoms with Crippen LogP contribution in [0.3, 0.4) is 0 Å². The monoisotopic (exact) mass is 289 g/mol. The number of nitrogens with two attached hydrogens (primary N) is 1.